The molecular formula is C22H29N3O3. The van der Waals surface area contributed by atoms with Gasteiger partial charge >= 0.3 is 6.09 Å². The Labute approximate surface area is 165 Å². The Balaban J connectivity index is 1.50. The summed E-state index contributed by atoms with van der Waals surface area (Å²) in [7, 11) is 1.58. The van der Waals surface area contributed by atoms with Crippen molar-refractivity contribution in [2.45, 2.75) is 31.7 Å². The highest BCUT2D eigenvalue weighted by Crippen LogP contribution is 2.23. The average Bonchev–Trinajstić information content (AvgIpc) is 2.71. The molecular weight excluding hydrogens is 354 g/mol. The molecule has 0 saturated carbocycles. The van der Waals surface area contributed by atoms with E-state index in [4.69, 9.17) is 5.11 Å². The van der Waals surface area contributed by atoms with Gasteiger partial charge in [0.2, 0.25) is 5.91 Å². The number of likely N-dealkylation sites (tertiary alicyclic amines) is 1. The second-order valence-electron chi connectivity index (χ2n) is 7.54. The first-order valence-corrected chi connectivity index (χ1v) is 9.95. The van der Waals surface area contributed by atoms with E-state index in [1.54, 1.807) is 7.05 Å². The van der Waals surface area contributed by atoms with Gasteiger partial charge in [-0.25, -0.2) is 4.79 Å². The monoisotopic (exact) mass is 383 g/mol. The number of benzene rings is 2. The van der Waals surface area contributed by atoms with Crippen molar-refractivity contribution >= 4 is 22.8 Å². The molecule has 1 aliphatic heterocycles. The zero-order valence-electron chi connectivity index (χ0n) is 16.4. The van der Waals surface area contributed by atoms with Crippen LogP contribution in [0, 0.1) is 5.92 Å². The SMILES string of the molecule is CNC(=O)CC(NC(=O)O)C1CCN(CCc2ccc3ccccc3c2)CC1. The Morgan fingerprint density at radius 2 is 1.86 bits per heavy atom. The van der Waals surface area contributed by atoms with E-state index in [0.717, 1.165) is 38.9 Å². The molecule has 6 nitrogen and oxygen atoms in total. The van der Waals surface area contributed by atoms with Crippen LogP contribution in [0.15, 0.2) is 42.5 Å². The number of fused-ring (bicyclic) bond motifs is 1. The molecule has 0 aromatic heterocycles. The molecule has 0 radical (unpaired) electrons. The van der Waals surface area contributed by atoms with Crippen LogP contribution >= 0.6 is 0 Å². The van der Waals surface area contributed by atoms with Crippen LogP contribution in [-0.2, 0) is 11.2 Å². The van der Waals surface area contributed by atoms with Crippen LogP contribution in [0.3, 0.4) is 0 Å². The van der Waals surface area contributed by atoms with E-state index < -0.39 is 6.09 Å². The lowest BCUT2D eigenvalue weighted by Crippen LogP contribution is -2.47. The lowest BCUT2D eigenvalue weighted by molar-refractivity contribution is -0.121. The number of carboxylic acid groups (broad SMARTS) is 1. The summed E-state index contributed by atoms with van der Waals surface area (Å²) < 4.78 is 0. The molecule has 1 atom stereocenters. The maximum atomic E-state index is 11.7. The Hall–Kier alpha value is -2.60. The lowest BCUT2D eigenvalue weighted by atomic mass is 9.87. The molecule has 1 fully saturated rings. The van der Waals surface area contributed by atoms with Gasteiger partial charge < -0.3 is 20.6 Å². The van der Waals surface area contributed by atoms with E-state index in [-0.39, 0.29) is 24.3 Å². The van der Waals surface area contributed by atoms with Crippen molar-refractivity contribution in [3.63, 3.8) is 0 Å². The maximum Gasteiger partial charge on any atom is 0.404 e. The predicted octanol–water partition coefficient (Wildman–Crippen LogP) is 2.87. The van der Waals surface area contributed by atoms with Crippen LogP contribution in [0.5, 0.6) is 0 Å². The second kappa shape index (κ2) is 9.55. The molecule has 1 saturated heterocycles. The van der Waals surface area contributed by atoms with Crippen molar-refractivity contribution in [3.05, 3.63) is 48.0 Å². The number of nitrogens with zero attached hydrogens (tertiary/aromatic N) is 1. The Kier molecular flexibility index (Phi) is 6.87. The molecule has 3 N–H and O–H groups in total. The maximum absolute atomic E-state index is 11.7. The number of rotatable bonds is 7. The molecule has 0 bridgehead atoms. The minimum Gasteiger partial charge on any atom is -0.465 e. The van der Waals surface area contributed by atoms with Gasteiger partial charge in [0.25, 0.3) is 0 Å². The summed E-state index contributed by atoms with van der Waals surface area (Å²) in [5.41, 5.74) is 1.34. The molecule has 150 valence electrons. The summed E-state index contributed by atoms with van der Waals surface area (Å²) in [6.45, 7) is 2.87. The van der Waals surface area contributed by atoms with Gasteiger partial charge in [0, 0.05) is 26.1 Å². The van der Waals surface area contributed by atoms with Crippen molar-refractivity contribution in [3.8, 4) is 0 Å². The van der Waals surface area contributed by atoms with Crippen molar-refractivity contribution in [2.24, 2.45) is 5.92 Å². The van der Waals surface area contributed by atoms with E-state index >= 15 is 0 Å². The number of amides is 2. The van der Waals surface area contributed by atoms with Gasteiger partial charge in [-0.2, -0.15) is 0 Å². The fourth-order valence-corrected chi connectivity index (χ4v) is 4.06. The summed E-state index contributed by atoms with van der Waals surface area (Å²) >= 11 is 0. The first kappa shape index (κ1) is 20.1. The van der Waals surface area contributed by atoms with Crippen LogP contribution in [-0.4, -0.2) is 54.7 Å². The van der Waals surface area contributed by atoms with Gasteiger partial charge in [0.1, 0.15) is 0 Å². The number of carbonyl (C=O) groups is 2. The lowest BCUT2D eigenvalue weighted by Gasteiger charge is -2.35. The smallest absolute Gasteiger partial charge is 0.404 e. The van der Waals surface area contributed by atoms with E-state index in [1.165, 1.54) is 16.3 Å². The van der Waals surface area contributed by atoms with E-state index in [9.17, 15) is 9.59 Å². The van der Waals surface area contributed by atoms with Gasteiger partial charge in [0.05, 0.1) is 0 Å². The largest absolute Gasteiger partial charge is 0.465 e. The highest BCUT2D eigenvalue weighted by atomic mass is 16.4. The number of hydrogen-bond acceptors (Lipinski definition) is 3. The number of hydrogen-bond donors (Lipinski definition) is 3. The molecule has 0 spiro atoms. The van der Waals surface area contributed by atoms with Gasteiger partial charge in [0.15, 0.2) is 0 Å². The minimum atomic E-state index is -1.06. The molecule has 1 aliphatic rings. The van der Waals surface area contributed by atoms with Crippen LogP contribution in [0.1, 0.15) is 24.8 Å². The van der Waals surface area contributed by atoms with Gasteiger partial charge in [-0.05, 0) is 54.6 Å². The van der Waals surface area contributed by atoms with Gasteiger partial charge in [-0.3, -0.25) is 4.79 Å². The Bertz CT molecular complexity index is 816. The Morgan fingerprint density at radius 1 is 1.14 bits per heavy atom. The topological polar surface area (TPSA) is 81.7 Å². The number of carbonyl (C=O) groups excluding carboxylic acids is 1. The van der Waals surface area contributed by atoms with E-state index in [0.29, 0.717) is 0 Å². The highest BCUT2D eigenvalue weighted by molar-refractivity contribution is 5.83. The van der Waals surface area contributed by atoms with Gasteiger partial charge in [-0.1, -0.05) is 42.5 Å². The summed E-state index contributed by atoms with van der Waals surface area (Å²) in [6, 6.07) is 14.7. The zero-order chi connectivity index (χ0) is 19.9. The summed E-state index contributed by atoms with van der Waals surface area (Å²) in [4.78, 5) is 25.2. The third-order valence-electron chi connectivity index (χ3n) is 5.72. The molecule has 1 heterocycles. The standard InChI is InChI=1S/C22H29N3O3/c1-23-21(26)15-20(24-22(27)28)18-9-12-25(13-10-18)11-8-16-6-7-17-4-2-3-5-19(17)14-16/h2-7,14,18,20,24H,8-13,15H2,1H3,(H,23,26)(H,27,28). The van der Waals surface area contributed by atoms with Crippen molar-refractivity contribution in [1.82, 2.24) is 15.5 Å². The third kappa shape index (κ3) is 5.45. The third-order valence-corrected chi connectivity index (χ3v) is 5.72. The molecule has 2 aromatic rings. The van der Waals surface area contributed by atoms with Crippen molar-refractivity contribution < 1.29 is 14.7 Å². The molecule has 3 rings (SSSR count). The summed E-state index contributed by atoms with van der Waals surface area (Å²) in [5.74, 6) is 0.0720. The molecule has 1 unspecified atom stereocenters. The van der Waals surface area contributed by atoms with Crippen molar-refractivity contribution in [2.75, 3.05) is 26.7 Å². The molecule has 2 aromatic carbocycles. The molecule has 6 heteroatoms. The van der Waals surface area contributed by atoms with E-state index in [2.05, 4.69) is 58.0 Å². The van der Waals surface area contributed by atoms with Crippen molar-refractivity contribution in [1.29, 1.82) is 0 Å². The van der Waals surface area contributed by atoms with Gasteiger partial charge in [-0.15, -0.1) is 0 Å². The highest BCUT2D eigenvalue weighted by Gasteiger charge is 2.29. The second-order valence-corrected chi connectivity index (χ2v) is 7.54. The first-order chi connectivity index (χ1) is 13.5. The van der Waals surface area contributed by atoms with Crippen LogP contribution in [0.4, 0.5) is 4.79 Å². The van der Waals surface area contributed by atoms with Crippen LogP contribution in [0.25, 0.3) is 10.8 Å². The quantitative estimate of drug-likeness (QED) is 0.687. The van der Waals surface area contributed by atoms with E-state index in [1.807, 2.05) is 0 Å². The normalized spacial score (nSPS) is 16.6. The first-order valence-electron chi connectivity index (χ1n) is 9.95. The van der Waals surface area contributed by atoms with Crippen LogP contribution in [0.2, 0.25) is 0 Å². The Morgan fingerprint density at radius 3 is 2.54 bits per heavy atom. The van der Waals surface area contributed by atoms with Crippen LogP contribution < -0.4 is 10.6 Å². The zero-order valence-corrected chi connectivity index (χ0v) is 16.4. The minimum absolute atomic E-state index is 0.127. The predicted molar refractivity (Wildman–Crippen MR) is 110 cm³/mol. The fraction of sp³-hybridized carbons (Fsp3) is 0.455. The summed E-state index contributed by atoms with van der Waals surface area (Å²) in [5, 5.41) is 16.7. The molecule has 2 amide bonds. The average molecular weight is 383 g/mol. The number of piperidine rings is 1. The summed E-state index contributed by atoms with van der Waals surface area (Å²) in [6.07, 6.45) is 1.95. The number of nitrogens with one attached hydrogen (secondary N) is 2. The molecule has 28 heavy (non-hydrogen) atoms. The fourth-order valence-electron chi connectivity index (χ4n) is 4.06. The molecule has 0 aliphatic carbocycles.